The Morgan fingerprint density at radius 1 is 0.897 bits per heavy atom. The van der Waals surface area contributed by atoms with Crippen molar-refractivity contribution >= 4 is 17.3 Å². The first-order valence-electron chi connectivity index (χ1n) is 10.4. The van der Waals surface area contributed by atoms with Crippen molar-refractivity contribution in [2.24, 2.45) is 5.92 Å². The molecule has 3 aromatic rings. The molecule has 4 rings (SSSR count). The van der Waals surface area contributed by atoms with Gasteiger partial charge in [0.1, 0.15) is 0 Å². The molecule has 2 nitrogen and oxygen atoms in total. The first-order valence-corrected chi connectivity index (χ1v) is 10.8. The van der Waals surface area contributed by atoms with E-state index in [1.165, 1.54) is 35.1 Å². The van der Waals surface area contributed by atoms with Gasteiger partial charge in [0, 0.05) is 13.6 Å². The highest BCUT2D eigenvalue weighted by molar-refractivity contribution is 7.80. The SMILES string of the molecule is CN(CC1CCc2ccccc2C1)C(=S)NC(c1ccccc1)c1ccccc1. The Kier molecular flexibility index (Phi) is 6.26. The van der Waals surface area contributed by atoms with Gasteiger partial charge in [-0.2, -0.15) is 0 Å². The van der Waals surface area contributed by atoms with Crippen molar-refractivity contribution in [2.75, 3.05) is 13.6 Å². The van der Waals surface area contributed by atoms with Crippen molar-refractivity contribution in [3.05, 3.63) is 107 Å². The second kappa shape index (κ2) is 9.23. The Morgan fingerprint density at radius 3 is 2.07 bits per heavy atom. The Morgan fingerprint density at radius 2 is 1.45 bits per heavy atom. The molecule has 0 saturated carbocycles. The Labute approximate surface area is 179 Å². The topological polar surface area (TPSA) is 15.3 Å². The highest BCUT2D eigenvalue weighted by Gasteiger charge is 2.22. The molecule has 1 aliphatic rings. The number of aryl methyl sites for hydroxylation is 1. The van der Waals surface area contributed by atoms with Gasteiger partial charge in [-0.15, -0.1) is 0 Å². The monoisotopic (exact) mass is 400 g/mol. The first-order chi connectivity index (χ1) is 14.2. The molecule has 1 aliphatic carbocycles. The van der Waals surface area contributed by atoms with Gasteiger partial charge in [0.15, 0.2) is 5.11 Å². The number of thiocarbonyl (C=S) groups is 1. The molecule has 148 valence electrons. The van der Waals surface area contributed by atoms with Crippen LogP contribution in [0.15, 0.2) is 84.9 Å². The molecule has 0 aromatic heterocycles. The maximum absolute atomic E-state index is 5.81. The Bertz CT molecular complexity index is 900. The Balaban J connectivity index is 1.44. The number of rotatable bonds is 5. The summed E-state index contributed by atoms with van der Waals surface area (Å²) in [5, 5.41) is 4.42. The highest BCUT2D eigenvalue weighted by Crippen LogP contribution is 2.26. The lowest BCUT2D eigenvalue weighted by Gasteiger charge is -2.32. The number of hydrogen-bond donors (Lipinski definition) is 1. The molecule has 0 radical (unpaired) electrons. The number of nitrogens with zero attached hydrogens (tertiary/aromatic N) is 1. The molecule has 1 N–H and O–H groups in total. The van der Waals surface area contributed by atoms with E-state index in [0.29, 0.717) is 5.92 Å². The van der Waals surface area contributed by atoms with Gasteiger partial charge in [0.2, 0.25) is 0 Å². The second-order valence-electron chi connectivity index (χ2n) is 7.96. The fourth-order valence-corrected chi connectivity index (χ4v) is 4.48. The number of benzene rings is 3. The zero-order valence-electron chi connectivity index (χ0n) is 16.9. The molecule has 0 spiro atoms. The molecule has 3 heteroatoms. The third kappa shape index (κ3) is 4.86. The molecule has 0 fully saturated rings. The third-order valence-electron chi connectivity index (χ3n) is 5.86. The lowest BCUT2D eigenvalue weighted by molar-refractivity contribution is 0.346. The largest absolute Gasteiger partial charge is 0.352 e. The summed E-state index contributed by atoms with van der Waals surface area (Å²) in [6, 6.07) is 30.0. The summed E-state index contributed by atoms with van der Waals surface area (Å²) >= 11 is 5.81. The van der Waals surface area contributed by atoms with Crippen LogP contribution in [0.2, 0.25) is 0 Å². The van der Waals surface area contributed by atoms with Crippen LogP contribution in [0.25, 0.3) is 0 Å². The van der Waals surface area contributed by atoms with Crippen LogP contribution in [0.1, 0.15) is 34.7 Å². The molecule has 0 saturated heterocycles. The van der Waals surface area contributed by atoms with E-state index in [1.54, 1.807) is 0 Å². The summed E-state index contributed by atoms with van der Waals surface area (Å²) in [7, 11) is 2.11. The summed E-state index contributed by atoms with van der Waals surface area (Å²) in [6.45, 7) is 0.983. The van der Waals surface area contributed by atoms with E-state index in [1.807, 2.05) is 0 Å². The van der Waals surface area contributed by atoms with Gasteiger partial charge < -0.3 is 10.2 Å². The van der Waals surface area contributed by atoms with E-state index in [4.69, 9.17) is 12.2 Å². The van der Waals surface area contributed by atoms with Crippen LogP contribution in [0.4, 0.5) is 0 Å². The van der Waals surface area contributed by atoms with Gasteiger partial charge in [-0.05, 0) is 59.7 Å². The minimum absolute atomic E-state index is 0.0550. The molecule has 0 heterocycles. The fraction of sp³-hybridized carbons (Fsp3) is 0.269. The number of fused-ring (bicyclic) bond motifs is 1. The maximum atomic E-state index is 5.81. The second-order valence-corrected chi connectivity index (χ2v) is 8.35. The highest BCUT2D eigenvalue weighted by atomic mass is 32.1. The molecule has 0 bridgehead atoms. The summed E-state index contributed by atoms with van der Waals surface area (Å²) in [5.41, 5.74) is 5.46. The molecular weight excluding hydrogens is 372 g/mol. The minimum atomic E-state index is 0.0550. The maximum Gasteiger partial charge on any atom is 0.169 e. The average molecular weight is 401 g/mol. The third-order valence-corrected chi connectivity index (χ3v) is 6.29. The predicted molar refractivity (Wildman–Crippen MR) is 125 cm³/mol. The molecule has 0 aliphatic heterocycles. The molecule has 1 unspecified atom stereocenters. The smallest absolute Gasteiger partial charge is 0.169 e. The molecular formula is C26H28N2S. The minimum Gasteiger partial charge on any atom is -0.352 e. The average Bonchev–Trinajstić information content (AvgIpc) is 2.78. The van der Waals surface area contributed by atoms with E-state index >= 15 is 0 Å². The summed E-state index contributed by atoms with van der Waals surface area (Å²) in [4.78, 5) is 2.22. The fourth-order valence-electron chi connectivity index (χ4n) is 4.28. The standard InChI is InChI=1S/C26H28N2S/c1-28(19-20-16-17-21-10-8-9-15-24(21)18-20)26(29)27-25(22-11-4-2-5-12-22)23-13-6-3-7-14-23/h2-15,20,25H,16-19H2,1H3,(H,27,29). The van der Waals surface area contributed by atoms with Gasteiger partial charge >= 0.3 is 0 Å². The summed E-state index contributed by atoms with van der Waals surface area (Å²) < 4.78 is 0. The predicted octanol–water partition coefficient (Wildman–Crippen LogP) is 5.39. The van der Waals surface area contributed by atoms with E-state index in [2.05, 4.69) is 102 Å². The quantitative estimate of drug-likeness (QED) is 0.578. The van der Waals surface area contributed by atoms with Crippen LogP contribution in [-0.4, -0.2) is 23.6 Å². The lowest BCUT2D eigenvalue weighted by Crippen LogP contribution is -2.42. The summed E-state index contributed by atoms with van der Waals surface area (Å²) in [5.74, 6) is 0.640. The van der Waals surface area contributed by atoms with Crippen LogP contribution in [-0.2, 0) is 12.8 Å². The van der Waals surface area contributed by atoms with Crippen molar-refractivity contribution in [3.8, 4) is 0 Å². The van der Waals surface area contributed by atoms with Gasteiger partial charge in [-0.1, -0.05) is 84.9 Å². The molecule has 0 amide bonds. The Hall–Kier alpha value is -2.65. The molecule has 3 aromatic carbocycles. The van der Waals surface area contributed by atoms with E-state index < -0.39 is 0 Å². The van der Waals surface area contributed by atoms with Crippen LogP contribution < -0.4 is 5.32 Å². The molecule has 1 atom stereocenters. The van der Waals surface area contributed by atoms with Gasteiger partial charge in [0.25, 0.3) is 0 Å². The van der Waals surface area contributed by atoms with E-state index in [0.717, 1.165) is 18.1 Å². The van der Waals surface area contributed by atoms with Crippen LogP contribution in [0, 0.1) is 5.92 Å². The van der Waals surface area contributed by atoms with Gasteiger partial charge in [0.05, 0.1) is 6.04 Å². The first kappa shape index (κ1) is 19.7. The van der Waals surface area contributed by atoms with E-state index in [9.17, 15) is 0 Å². The zero-order chi connectivity index (χ0) is 20.1. The van der Waals surface area contributed by atoms with Crippen LogP contribution in [0.3, 0.4) is 0 Å². The van der Waals surface area contributed by atoms with Crippen molar-refractivity contribution in [1.29, 1.82) is 0 Å². The van der Waals surface area contributed by atoms with Crippen molar-refractivity contribution in [1.82, 2.24) is 10.2 Å². The summed E-state index contributed by atoms with van der Waals surface area (Å²) in [6.07, 6.45) is 3.54. The lowest BCUT2D eigenvalue weighted by atomic mass is 9.84. The van der Waals surface area contributed by atoms with E-state index in [-0.39, 0.29) is 6.04 Å². The number of hydrogen-bond acceptors (Lipinski definition) is 1. The van der Waals surface area contributed by atoms with Crippen molar-refractivity contribution in [2.45, 2.75) is 25.3 Å². The van der Waals surface area contributed by atoms with Crippen LogP contribution in [0.5, 0.6) is 0 Å². The normalized spacial score (nSPS) is 15.6. The number of nitrogens with one attached hydrogen (secondary N) is 1. The van der Waals surface area contributed by atoms with Crippen LogP contribution >= 0.6 is 12.2 Å². The van der Waals surface area contributed by atoms with Gasteiger partial charge in [-0.3, -0.25) is 0 Å². The zero-order valence-corrected chi connectivity index (χ0v) is 17.7. The van der Waals surface area contributed by atoms with Gasteiger partial charge in [-0.25, -0.2) is 0 Å². The van der Waals surface area contributed by atoms with Crippen molar-refractivity contribution in [3.63, 3.8) is 0 Å². The van der Waals surface area contributed by atoms with Crippen molar-refractivity contribution < 1.29 is 0 Å². The molecule has 29 heavy (non-hydrogen) atoms.